The highest BCUT2D eigenvalue weighted by Crippen LogP contribution is 2.36. The van der Waals surface area contributed by atoms with Crippen LogP contribution in [0.2, 0.25) is 0 Å². The molecule has 0 spiro atoms. The fourth-order valence-corrected chi connectivity index (χ4v) is 5.36. The van der Waals surface area contributed by atoms with E-state index < -0.39 is 22.5 Å². The number of thiazole rings is 1. The molecule has 11 heteroatoms. The summed E-state index contributed by atoms with van der Waals surface area (Å²) >= 11 is 1.10. The van der Waals surface area contributed by atoms with E-state index in [9.17, 15) is 19.7 Å². The maximum absolute atomic E-state index is 13.8. The standard InChI is InChI=1S/C28H29N3O7S/c1-5-7-14-38-21-13-12-19(15-22(21)36-4)25-24(27(33)37-6-2)17(3)29-28-30(25)26(32)23(39-28)16-18-10-8-9-11-20(18)31(34)35/h8-13,15-16,25H,5-7,14H2,1-4H3. The third kappa shape index (κ3) is 5.63. The van der Waals surface area contributed by atoms with Gasteiger partial charge in [-0.1, -0.05) is 42.9 Å². The van der Waals surface area contributed by atoms with Gasteiger partial charge < -0.3 is 14.2 Å². The van der Waals surface area contributed by atoms with Crippen molar-refractivity contribution in [2.45, 2.75) is 39.7 Å². The number of hydrogen-bond donors (Lipinski definition) is 0. The second-order valence-electron chi connectivity index (χ2n) is 8.73. The molecule has 0 N–H and O–H groups in total. The number of para-hydroxylation sites is 1. The molecule has 1 aliphatic heterocycles. The van der Waals surface area contributed by atoms with E-state index in [1.54, 1.807) is 50.2 Å². The third-order valence-electron chi connectivity index (χ3n) is 6.20. The van der Waals surface area contributed by atoms with Gasteiger partial charge in [0.25, 0.3) is 11.2 Å². The van der Waals surface area contributed by atoms with Crippen molar-refractivity contribution >= 4 is 29.1 Å². The van der Waals surface area contributed by atoms with Gasteiger partial charge in [-0.3, -0.25) is 19.5 Å². The van der Waals surface area contributed by atoms with Crippen molar-refractivity contribution in [2.24, 2.45) is 4.99 Å². The van der Waals surface area contributed by atoms with Gasteiger partial charge in [0.2, 0.25) is 0 Å². The molecule has 0 bridgehead atoms. The van der Waals surface area contributed by atoms with Crippen molar-refractivity contribution < 1.29 is 23.9 Å². The third-order valence-corrected chi connectivity index (χ3v) is 7.18. The number of nitro groups is 1. The number of carbonyl (C=O) groups is 1. The summed E-state index contributed by atoms with van der Waals surface area (Å²) < 4.78 is 18.5. The number of allylic oxidation sites excluding steroid dienone is 1. The number of aromatic nitrogens is 1. The van der Waals surface area contributed by atoms with Crippen molar-refractivity contribution in [3.8, 4) is 11.5 Å². The van der Waals surface area contributed by atoms with Gasteiger partial charge in [0.05, 0.1) is 52.7 Å². The number of hydrogen-bond acceptors (Lipinski definition) is 9. The maximum atomic E-state index is 13.8. The molecular weight excluding hydrogens is 522 g/mol. The number of ether oxygens (including phenoxy) is 3. The number of esters is 1. The van der Waals surface area contributed by atoms with Gasteiger partial charge in [-0.25, -0.2) is 9.79 Å². The number of carbonyl (C=O) groups excluding carboxylic acids is 1. The first-order valence-electron chi connectivity index (χ1n) is 12.5. The summed E-state index contributed by atoms with van der Waals surface area (Å²) in [4.78, 5) is 42.9. The van der Waals surface area contributed by atoms with Crippen LogP contribution in [0, 0.1) is 10.1 Å². The van der Waals surface area contributed by atoms with Crippen LogP contribution in [0.15, 0.2) is 63.5 Å². The van der Waals surface area contributed by atoms with E-state index >= 15 is 0 Å². The largest absolute Gasteiger partial charge is 0.493 e. The predicted molar refractivity (Wildman–Crippen MR) is 147 cm³/mol. The molecule has 0 saturated carbocycles. The van der Waals surface area contributed by atoms with Gasteiger partial charge in [-0.2, -0.15) is 0 Å². The summed E-state index contributed by atoms with van der Waals surface area (Å²) in [6, 6.07) is 10.6. The van der Waals surface area contributed by atoms with Crippen LogP contribution in [0.25, 0.3) is 6.08 Å². The monoisotopic (exact) mass is 551 g/mol. The van der Waals surface area contributed by atoms with Gasteiger partial charge in [-0.15, -0.1) is 0 Å². The lowest BCUT2D eigenvalue weighted by Crippen LogP contribution is -2.40. The molecule has 2 heterocycles. The smallest absolute Gasteiger partial charge is 0.338 e. The Bertz CT molecular complexity index is 1620. The molecule has 39 heavy (non-hydrogen) atoms. The Balaban J connectivity index is 1.92. The number of rotatable bonds is 10. The zero-order valence-electron chi connectivity index (χ0n) is 22.1. The summed E-state index contributed by atoms with van der Waals surface area (Å²) in [5.74, 6) is 0.430. The zero-order chi connectivity index (χ0) is 28.1. The quantitative estimate of drug-likeness (QED) is 0.162. The summed E-state index contributed by atoms with van der Waals surface area (Å²) in [6.07, 6.45) is 3.35. The van der Waals surface area contributed by atoms with Crippen LogP contribution in [-0.2, 0) is 9.53 Å². The molecule has 1 atom stereocenters. The second-order valence-corrected chi connectivity index (χ2v) is 9.74. The lowest BCUT2D eigenvalue weighted by Gasteiger charge is -2.25. The molecule has 0 radical (unpaired) electrons. The van der Waals surface area contributed by atoms with Gasteiger partial charge in [0.1, 0.15) is 0 Å². The van der Waals surface area contributed by atoms with Crippen LogP contribution < -0.4 is 24.4 Å². The van der Waals surface area contributed by atoms with Gasteiger partial charge in [0.15, 0.2) is 16.3 Å². The first-order valence-corrected chi connectivity index (χ1v) is 13.4. The molecular formula is C28H29N3O7S. The predicted octanol–water partition coefficient (Wildman–Crippen LogP) is 3.89. The van der Waals surface area contributed by atoms with Crippen molar-refractivity contribution in [2.75, 3.05) is 20.3 Å². The molecule has 0 aliphatic carbocycles. The highest BCUT2D eigenvalue weighted by Gasteiger charge is 2.34. The minimum atomic E-state index is -0.855. The van der Waals surface area contributed by atoms with Crippen LogP contribution in [0.4, 0.5) is 5.69 Å². The molecule has 0 amide bonds. The van der Waals surface area contributed by atoms with Crippen molar-refractivity contribution in [3.63, 3.8) is 0 Å². The number of unbranched alkanes of at least 4 members (excludes halogenated alkanes) is 1. The van der Waals surface area contributed by atoms with E-state index in [1.165, 1.54) is 23.8 Å². The van der Waals surface area contributed by atoms with Crippen molar-refractivity contribution in [1.29, 1.82) is 0 Å². The minimum Gasteiger partial charge on any atom is -0.493 e. The Hall–Kier alpha value is -4.25. The summed E-state index contributed by atoms with van der Waals surface area (Å²) in [5.41, 5.74) is 0.985. The van der Waals surface area contributed by atoms with Gasteiger partial charge >= 0.3 is 5.97 Å². The minimum absolute atomic E-state index is 0.119. The normalized spacial score (nSPS) is 15.0. The molecule has 2 aromatic carbocycles. The molecule has 1 aliphatic rings. The highest BCUT2D eigenvalue weighted by atomic mass is 32.1. The van der Waals surface area contributed by atoms with E-state index in [4.69, 9.17) is 14.2 Å². The summed E-state index contributed by atoms with van der Waals surface area (Å²) in [5, 5.41) is 11.5. The van der Waals surface area contributed by atoms with E-state index in [2.05, 4.69) is 11.9 Å². The first-order chi connectivity index (χ1) is 18.8. The Kier molecular flexibility index (Phi) is 8.60. The number of benzene rings is 2. The fraction of sp³-hybridized carbons (Fsp3) is 0.321. The first kappa shape index (κ1) is 27.8. The van der Waals surface area contributed by atoms with Crippen LogP contribution >= 0.6 is 11.3 Å². The van der Waals surface area contributed by atoms with Gasteiger partial charge in [0, 0.05) is 6.07 Å². The lowest BCUT2D eigenvalue weighted by atomic mass is 9.95. The van der Waals surface area contributed by atoms with E-state index in [0.717, 1.165) is 24.2 Å². The van der Waals surface area contributed by atoms with Crippen molar-refractivity contribution in [1.82, 2.24) is 4.57 Å². The van der Waals surface area contributed by atoms with Crippen LogP contribution in [-0.4, -0.2) is 35.8 Å². The molecule has 0 fully saturated rings. The van der Waals surface area contributed by atoms with Crippen LogP contribution in [0.3, 0.4) is 0 Å². The second kappa shape index (κ2) is 12.1. The number of nitro benzene ring substituents is 1. The zero-order valence-corrected chi connectivity index (χ0v) is 22.9. The topological polar surface area (TPSA) is 122 Å². The maximum Gasteiger partial charge on any atom is 0.338 e. The van der Waals surface area contributed by atoms with Crippen LogP contribution in [0.1, 0.15) is 50.8 Å². The summed E-state index contributed by atoms with van der Waals surface area (Å²) in [6.45, 7) is 6.15. The SMILES string of the molecule is CCCCOc1ccc(C2C(C(=O)OCC)=C(C)N=c3sc(=Cc4ccccc4[N+](=O)[O-])c(=O)n32)cc1OC. The lowest BCUT2D eigenvalue weighted by molar-refractivity contribution is -0.385. The molecule has 204 valence electrons. The number of methoxy groups -OCH3 is 1. The Morgan fingerprint density at radius 1 is 1.21 bits per heavy atom. The van der Waals surface area contributed by atoms with Crippen molar-refractivity contribution in [3.05, 3.63) is 94.7 Å². The van der Waals surface area contributed by atoms with E-state index in [-0.39, 0.29) is 22.4 Å². The average Bonchev–Trinajstić information content (AvgIpc) is 3.22. The fourth-order valence-electron chi connectivity index (χ4n) is 4.32. The molecule has 10 nitrogen and oxygen atoms in total. The Morgan fingerprint density at radius 3 is 2.67 bits per heavy atom. The molecule has 4 rings (SSSR count). The Labute approximate surface area is 228 Å². The molecule has 1 unspecified atom stereocenters. The molecule has 0 saturated heterocycles. The van der Waals surface area contributed by atoms with E-state index in [0.29, 0.717) is 39.7 Å². The van der Waals surface area contributed by atoms with E-state index in [1.807, 2.05) is 0 Å². The molecule has 3 aromatic rings. The average molecular weight is 552 g/mol. The van der Waals surface area contributed by atoms with Crippen LogP contribution in [0.5, 0.6) is 11.5 Å². The molecule has 1 aromatic heterocycles. The highest BCUT2D eigenvalue weighted by molar-refractivity contribution is 7.07. The Morgan fingerprint density at radius 2 is 1.97 bits per heavy atom. The number of nitrogens with zero attached hydrogens (tertiary/aromatic N) is 3. The number of fused-ring (bicyclic) bond motifs is 1. The van der Waals surface area contributed by atoms with Gasteiger partial charge in [-0.05, 0) is 50.1 Å². The summed E-state index contributed by atoms with van der Waals surface area (Å²) in [7, 11) is 1.53.